The molecule has 1 amide bonds. The molecule has 0 spiro atoms. The lowest BCUT2D eigenvalue weighted by Gasteiger charge is -2.07. The number of carbonyl (C=O) groups is 1. The molecule has 0 saturated heterocycles. The molecule has 2 N–H and O–H groups in total. The lowest BCUT2D eigenvalue weighted by molar-refractivity contribution is -0.384. The van der Waals surface area contributed by atoms with Crippen molar-refractivity contribution < 1.29 is 14.8 Å². The lowest BCUT2D eigenvalue weighted by Crippen LogP contribution is -2.13. The van der Waals surface area contributed by atoms with Crippen molar-refractivity contribution in [1.82, 2.24) is 4.98 Å². The summed E-state index contributed by atoms with van der Waals surface area (Å²) in [4.78, 5) is 25.9. The molecular weight excluding hydrogens is 274 g/mol. The number of nitro benzene ring substituents is 1. The molecule has 0 aliphatic carbocycles. The Labute approximate surface area is 120 Å². The van der Waals surface area contributed by atoms with Gasteiger partial charge in [-0.25, -0.2) is 0 Å². The number of amides is 1. The Balaban J connectivity index is 2.05. The number of phenols is 1. The molecule has 0 radical (unpaired) electrons. The molecule has 0 fully saturated rings. The number of rotatable bonds is 5. The molecule has 1 aromatic carbocycles. The largest absolute Gasteiger partial charge is 0.505 e. The van der Waals surface area contributed by atoms with E-state index in [9.17, 15) is 20.0 Å². The van der Waals surface area contributed by atoms with Crippen LogP contribution in [0, 0.1) is 10.1 Å². The fourth-order valence-corrected chi connectivity index (χ4v) is 1.82. The molecular formula is C14H13N3O4. The summed E-state index contributed by atoms with van der Waals surface area (Å²) in [6.45, 7) is 0. The Morgan fingerprint density at radius 3 is 2.67 bits per heavy atom. The van der Waals surface area contributed by atoms with Gasteiger partial charge in [0.15, 0.2) is 5.69 Å². The van der Waals surface area contributed by atoms with Crippen LogP contribution >= 0.6 is 0 Å². The molecule has 1 heterocycles. The Bertz CT molecular complexity index is 659. The molecule has 1 aromatic heterocycles. The van der Waals surface area contributed by atoms with Gasteiger partial charge in [0.05, 0.1) is 4.92 Å². The monoisotopic (exact) mass is 287 g/mol. The Kier molecular flexibility index (Phi) is 4.45. The number of hydrogen-bond donors (Lipinski definition) is 2. The number of para-hydroxylation sites is 1. The number of carbonyl (C=O) groups excluding carboxylic acids is 1. The minimum atomic E-state index is -0.655. The van der Waals surface area contributed by atoms with E-state index in [1.165, 1.54) is 18.2 Å². The molecule has 0 aliphatic rings. The van der Waals surface area contributed by atoms with Gasteiger partial charge in [0.1, 0.15) is 5.75 Å². The number of aryl methyl sites for hydroxylation is 1. The van der Waals surface area contributed by atoms with E-state index < -0.39 is 10.8 Å². The van der Waals surface area contributed by atoms with Gasteiger partial charge in [-0.1, -0.05) is 6.07 Å². The first-order chi connectivity index (χ1) is 10.1. The third-order valence-electron chi connectivity index (χ3n) is 2.87. The summed E-state index contributed by atoms with van der Waals surface area (Å²) in [6.07, 6.45) is 3.88. The van der Waals surface area contributed by atoms with E-state index in [-0.39, 0.29) is 23.5 Å². The summed E-state index contributed by atoms with van der Waals surface area (Å²) in [6, 6.07) is 7.43. The number of pyridine rings is 1. The molecule has 0 aliphatic heterocycles. The van der Waals surface area contributed by atoms with Crippen LogP contribution in [0.2, 0.25) is 0 Å². The van der Waals surface area contributed by atoms with Gasteiger partial charge in [-0.3, -0.25) is 19.9 Å². The summed E-state index contributed by atoms with van der Waals surface area (Å²) in [5, 5.41) is 22.9. The highest BCUT2D eigenvalue weighted by Gasteiger charge is 2.19. The number of nitrogens with one attached hydrogen (secondary N) is 1. The van der Waals surface area contributed by atoms with Gasteiger partial charge in [0.2, 0.25) is 5.91 Å². The second kappa shape index (κ2) is 6.47. The molecule has 2 aromatic rings. The number of aromatic nitrogens is 1. The highest BCUT2D eigenvalue weighted by molar-refractivity contribution is 5.95. The van der Waals surface area contributed by atoms with Crippen molar-refractivity contribution in [3.8, 4) is 5.75 Å². The minimum absolute atomic E-state index is 0.148. The Hall–Kier alpha value is -2.96. The van der Waals surface area contributed by atoms with Crippen LogP contribution in [0.1, 0.15) is 12.0 Å². The maximum atomic E-state index is 11.9. The maximum Gasteiger partial charge on any atom is 0.296 e. The number of aromatic hydroxyl groups is 1. The van der Waals surface area contributed by atoms with E-state index in [1.807, 2.05) is 0 Å². The number of nitrogens with zero attached hydrogens (tertiary/aromatic N) is 2. The van der Waals surface area contributed by atoms with Crippen molar-refractivity contribution in [2.75, 3.05) is 5.32 Å². The number of nitro groups is 1. The molecule has 0 bridgehead atoms. The van der Waals surface area contributed by atoms with Crippen LogP contribution in [-0.4, -0.2) is 20.9 Å². The first-order valence-corrected chi connectivity index (χ1v) is 6.23. The Morgan fingerprint density at radius 2 is 2.00 bits per heavy atom. The minimum Gasteiger partial charge on any atom is -0.505 e. The fourth-order valence-electron chi connectivity index (χ4n) is 1.82. The summed E-state index contributed by atoms with van der Waals surface area (Å²) in [5.74, 6) is -0.738. The number of hydrogen-bond acceptors (Lipinski definition) is 5. The molecule has 2 rings (SSSR count). The normalized spacial score (nSPS) is 10.1. The first kappa shape index (κ1) is 14.4. The second-order valence-corrected chi connectivity index (χ2v) is 4.33. The van der Waals surface area contributed by atoms with Crippen LogP contribution in [0.5, 0.6) is 5.75 Å². The molecule has 0 atom stereocenters. The van der Waals surface area contributed by atoms with Crippen LogP contribution in [0.15, 0.2) is 42.7 Å². The number of anilines is 1. The van der Waals surface area contributed by atoms with E-state index in [0.29, 0.717) is 6.42 Å². The van der Waals surface area contributed by atoms with Crippen molar-refractivity contribution in [2.45, 2.75) is 12.8 Å². The highest BCUT2D eigenvalue weighted by atomic mass is 16.6. The van der Waals surface area contributed by atoms with E-state index in [2.05, 4.69) is 10.3 Å². The van der Waals surface area contributed by atoms with Gasteiger partial charge in [-0.2, -0.15) is 0 Å². The summed E-state index contributed by atoms with van der Waals surface area (Å²) >= 11 is 0. The van der Waals surface area contributed by atoms with Crippen molar-refractivity contribution in [3.63, 3.8) is 0 Å². The van der Waals surface area contributed by atoms with E-state index >= 15 is 0 Å². The molecule has 0 unspecified atom stereocenters. The second-order valence-electron chi connectivity index (χ2n) is 4.33. The van der Waals surface area contributed by atoms with Gasteiger partial charge in [0.25, 0.3) is 5.69 Å². The predicted octanol–water partition coefficient (Wildman–Crippen LogP) is 2.27. The van der Waals surface area contributed by atoms with Gasteiger partial charge >= 0.3 is 0 Å². The average Bonchev–Trinajstić information content (AvgIpc) is 2.48. The summed E-state index contributed by atoms with van der Waals surface area (Å²) in [5.41, 5.74) is 0.418. The SMILES string of the molecule is O=C(CCc1ccncc1)Nc1c(O)cccc1[N+](=O)[O-]. The molecule has 7 nitrogen and oxygen atoms in total. The van der Waals surface area contributed by atoms with E-state index in [4.69, 9.17) is 0 Å². The molecule has 7 heteroatoms. The molecule has 0 saturated carbocycles. The quantitative estimate of drug-likeness (QED) is 0.498. The molecule has 108 valence electrons. The zero-order valence-corrected chi connectivity index (χ0v) is 11.0. The average molecular weight is 287 g/mol. The van der Waals surface area contributed by atoms with Gasteiger partial charge in [0, 0.05) is 24.9 Å². The summed E-state index contributed by atoms with van der Waals surface area (Å²) < 4.78 is 0. The number of benzene rings is 1. The number of phenolic OH excluding ortho intramolecular Hbond substituents is 1. The van der Waals surface area contributed by atoms with Gasteiger partial charge < -0.3 is 10.4 Å². The fraction of sp³-hybridized carbons (Fsp3) is 0.143. The predicted molar refractivity (Wildman–Crippen MR) is 75.9 cm³/mol. The van der Waals surface area contributed by atoms with Gasteiger partial charge in [-0.05, 0) is 30.2 Å². The smallest absolute Gasteiger partial charge is 0.296 e. The van der Waals surface area contributed by atoms with Crippen molar-refractivity contribution in [3.05, 3.63) is 58.4 Å². The molecule has 21 heavy (non-hydrogen) atoms. The standard InChI is InChI=1S/C14H13N3O4/c18-12-3-1-2-11(17(20)21)14(12)16-13(19)5-4-10-6-8-15-9-7-10/h1-3,6-9,18H,4-5H2,(H,16,19). The van der Waals surface area contributed by atoms with E-state index in [1.54, 1.807) is 24.5 Å². The zero-order valence-electron chi connectivity index (χ0n) is 11.0. The van der Waals surface area contributed by atoms with Crippen LogP contribution in [0.3, 0.4) is 0 Å². The van der Waals surface area contributed by atoms with Crippen molar-refractivity contribution in [2.24, 2.45) is 0 Å². The highest BCUT2D eigenvalue weighted by Crippen LogP contribution is 2.33. The third-order valence-corrected chi connectivity index (χ3v) is 2.87. The van der Waals surface area contributed by atoms with Gasteiger partial charge in [-0.15, -0.1) is 0 Å². The van der Waals surface area contributed by atoms with Crippen LogP contribution in [0.25, 0.3) is 0 Å². The third kappa shape index (κ3) is 3.75. The lowest BCUT2D eigenvalue weighted by atomic mass is 10.1. The first-order valence-electron chi connectivity index (χ1n) is 6.23. The summed E-state index contributed by atoms with van der Waals surface area (Å²) in [7, 11) is 0. The van der Waals surface area contributed by atoms with Crippen molar-refractivity contribution in [1.29, 1.82) is 0 Å². The maximum absolute atomic E-state index is 11.9. The zero-order chi connectivity index (χ0) is 15.2. The van der Waals surface area contributed by atoms with E-state index in [0.717, 1.165) is 5.56 Å². The van der Waals surface area contributed by atoms with Crippen molar-refractivity contribution >= 4 is 17.3 Å². The van der Waals surface area contributed by atoms with Crippen LogP contribution in [-0.2, 0) is 11.2 Å². The van der Waals surface area contributed by atoms with Crippen LogP contribution < -0.4 is 5.32 Å². The topological polar surface area (TPSA) is 105 Å². The van der Waals surface area contributed by atoms with Crippen LogP contribution in [0.4, 0.5) is 11.4 Å². The Morgan fingerprint density at radius 1 is 1.29 bits per heavy atom.